The number of nitrogens with zero attached hydrogens (tertiary/aromatic N) is 2. The lowest BCUT2D eigenvalue weighted by molar-refractivity contribution is -0.127. The van der Waals surface area contributed by atoms with Crippen molar-refractivity contribution < 1.29 is 4.79 Å². The monoisotopic (exact) mass is 259 g/mol. The summed E-state index contributed by atoms with van der Waals surface area (Å²) >= 11 is 0. The molecule has 0 aromatic carbocycles. The number of aryl methyl sites for hydroxylation is 1. The van der Waals surface area contributed by atoms with E-state index < -0.39 is 0 Å². The van der Waals surface area contributed by atoms with Crippen LogP contribution in [-0.4, -0.2) is 23.5 Å². The van der Waals surface area contributed by atoms with Gasteiger partial charge in [-0.1, -0.05) is 6.42 Å². The Labute approximate surface area is 114 Å². The largest absolute Gasteiger partial charge is 0.328 e. The van der Waals surface area contributed by atoms with Crippen LogP contribution in [0.5, 0.6) is 0 Å². The second kappa shape index (κ2) is 4.60. The molecule has 1 spiro atoms. The molecule has 4 nitrogen and oxygen atoms in total. The van der Waals surface area contributed by atoms with Gasteiger partial charge in [0.2, 0.25) is 5.91 Å². The van der Waals surface area contributed by atoms with Gasteiger partial charge in [-0.15, -0.1) is 0 Å². The molecule has 1 amide bonds. The van der Waals surface area contributed by atoms with Crippen molar-refractivity contribution in [3.05, 3.63) is 24.0 Å². The third kappa shape index (κ3) is 2.14. The predicted molar refractivity (Wildman–Crippen MR) is 74.8 cm³/mol. The summed E-state index contributed by atoms with van der Waals surface area (Å²) in [7, 11) is 0. The van der Waals surface area contributed by atoms with Gasteiger partial charge in [-0.2, -0.15) is 0 Å². The van der Waals surface area contributed by atoms with Crippen molar-refractivity contribution in [2.45, 2.75) is 45.1 Å². The molecule has 0 radical (unpaired) electrons. The SMILES string of the molecule is Cc1cc(N2CCC3(CCCC(N)C3)C2=O)ccn1. The van der Waals surface area contributed by atoms with Crippen molar-refractivity contribution in [2.75, 3.05) is 11.4 Å². The summed E-state index contributed by atoms with van der Waals surface area (Å²) < 4.78 is 0. The highest BCUT2D eigenvalue weighted by Crippen LogP contribution is 2.45. The Hall–Kier alpha value is -1.42. The molecule has 4 heteroatoms. The number of aromatic nitrogens is 1. The number of pyridine rings is 1. The number of carbonyl (C=O) groups excluding carboxylic acids is 1. The fourth-order valence-corrected chi connectivity index (χ4v) is 3.60. The van der Waals surface area contributed by atoms with Gasteiger partial charge in [0.15, 0.2) is 0 Å². The molecule has 102 valence electrons. The lowest BCUT2D eigenvalue weighted by Gasteiger charge is -2.35. The van der Waals surface area contributed by atoms with Crippen LogP contribution >= 0.6 is 0 Å². The minimum absolute atomic E-state index is 0.186. The number of carbonyl (C=O) groups is 1. The van der Waals surface area contributed by atoms with Crippen molar-refractivity contribution in [3.8, 4) is 0 Å². The van der Waals surface area contributed by atoms with Crippen molar-refractivity contribution in [1.29, 1.82) is 0 Å². The minimum Gasteiger partial charge on any atom is -0.328 e. The standard InChI is InChI=1S/C15H21N3O/c1-11-9-13(4-7-17-11)18-8-6-15(14(18)19)5-2-3-12(16)10-15/h4,7,9,12H,2-3,5-6,8,10,16H2,1H3. The van der Waals surface area contributed by atoms with Crippen molar-refractivity contribution in [1.82, 2.24) is 4.98 Å². The molecule has 1 saturated carbocycles. The van der Waals surface area contributed by atoms with Crippen molar-refractivity contribution in [3.63, 3.8) is 0 Å². The van der Waals surface area contributed by atoms with Gasteiger partial charge in [0.25, 0.3) is 0 Å². The van der Waals surface area contributed by atoms with Crippen LogP contribution in [0.3, 0.4) is 0 Å². The highest BCUT2D eigenvalue weighted by atomic mass is 16.2. The molecule has 1 aromatic rings. The van der Waals surface area contributed by atoms with Crippen LogP contribution < -0.4 is 10.6 Å². The van der Waals surface area contributed by atoms with Gasteiger partial charge < -0.3 is 10.6 Å². The molecule has 19 heavy (non-hydrogen) atoms. The topological polar surface area (TPSA) is 59.2 Å². The molecule has 2 N–H and O–H groups in total. The molecule has 2 atom stereocenters. The quantitative estimate of drug-likeness (QED) is 0.839. The normalized spacial score (nSPS) is 31.2. The fourth-order valence-electron chi connectivity index (χ4n) is 3.60. The number of rotatable bonds is 1. The van der Waals surface area contributed by atoms with E-state index in [0.29, 0.717) is 0 Å². The van der Waals surface area contributed by atoms with Crippen LogP contribution in [0.2, 0.25) is 0 Å². The number of amides is 1. The summed E-state index contributed by atoms with van der Waals surface area (Å²) in [6.07, 6.45) is 6.71. The minimum atomic E-state index is -0.186. The smallest absolute Gasteiger partial charge is 0.233 e. The Bertz CT molecular complexity index is 502. The molecular weight excluding hydrogens is 238 g/mol. The molecule has 2 aliphatic rings. The third-order valence-electron chi connectivity index (χ3n) is 4.59. The Balaban J connectivity index is 1.86. The number of anilines is 1. The van der Waals surface area contributed by atoms with Gasteiger partial charge in [0.05, 0.1) is 5.41 Å². The van der Waals surface area contributed by atoms with Crippen molar-refractivity contribution in [2.24, 2.45) is 11.1 Å². The van der Waals surface area contributed by atoms with E-state index in [1.165, 1.54) is 0 Å². The molecule has 2 fully saturated rings. The zero-order valence-electron chi connectivity index (χ0n) is 11.4. The average molecular weight is 259 g/mol. The first-order valence-corrected chi connectivity index (χ1v) is 7.11. The van der Waals surface area contributed by atoms with Gasteiger partial charge in [0.1, 0.15) is 0 Å². The van der Waals surface area contributed by atoms with E-state index >= 15 is 0 Å². The van der Waals surface area contributed by atoms with Crippen LogP contribution in [-0.2, 0) is 4.79 Å². The Morgan fingerprint density at radius 3 is 3.05 bits per heavy atom. The zero-order chi connectivity index (χ0) is 13.5. The first-order chi connectivity index (χ1) is 9.11. The summed E-state index contributed by atoms with van der Waals surface area (Å²) in [4.78, 5) is 18.9. The van der Waals surface area contributed by atoms with Crippen LogP contribution in [0.1, 0.15) is 37.8 Å². The van der Waals surface area contributed by atoms with Gasteiger partial charge in [-0.3, -0.25) is 9.78 Å². The molecular formula is C15H21N3O. The first kappa shape index (κ1) is 12.6. The van der Waals surface area contributed by atoms with Crippen molar-refractivity contribution >= 4 is 11.6 Å². The third-order valence-corrected chi connectivity index (χ3v) is 4.59. The molecule has 1 aromatic heterocycles. The average Bonchev–Trinajstić information content (AvgIpc) is 2.67. The molecule has 1 saturated heterocycles. The van der Waals surface area contributed by atoms with Crippen LogP contribution in [0.4, 0.5) is 5.69 Å². The summed E-state index contributed by atoms with van der Waals surface area (Å²) in [5.74, 6) is 0.272. The van der Waals surface area contributed by atoms with E-state index in [0.717, 1.165) is 50.0 Å². The van der Waals surface area contributed by atoms with E-state index in [1.54, 1.807) is 6.20 Å². The van der Waals surface area contributed by atoms with Gasteiger partial charge in [-0.25, -0.2) is 0 Å². The summed E-state index contributed by atoms with van der Waals surface area (Å²) in [5, 5.41) is 0. The highest BCUT2D eigenvalue weighted by Gasteiger charge is 2.48. The summed E-state index contributed by atoms with van der Waals surface area (Å²) in [6.45, 7) is 2.77. The molecule has 1 aliphatic heterocycles. The van der Waals surface area contributed by atoms with E-state index in [1.807, 2.05) is 24.0 Å². The van der Waals surface area contributed by atoms with E-state index in [-0.39, 0.29) is 17.4 Å². The first-order valence-electron chi connectivity index (χ1n) is 7.11. The van der Waals surface area contributed by atoms with Crippen LogP contribution in [0, 0.1) is 12.3 Å². The molecule has 3 rings (SSSR count). The molecule has 2 unspecified atom stereocenters. The van der Waals surface area contributed by atoms with Crippen LogP contribution in [0.15, 0.2) is 18.3 Å². The highest BCUT2D eigenvalue weighted by molar-refractivity contribution is 6.00. The van der Waals surface area contributed by atoms with E-state index in [9.17, 15) is 4.79 Å². The second-order valence-electron chi connectivity index (χ2n) is 6.00. The summed E-state index contributed by atoms with van der Waals surface area (Å²) in [6, 6.07) is 4.10. The Kier molecular flexibility index (Phi) is 3.05. The Morgan fingerprint density at radius 1 is 1.47 bits per heavy atom. The summed E-state index contributed by atoms with van der Waals surface area (Å²) in [5.41, 5.74) is 7.82. The van der Waals surface area contributed by atoms with Crippen LogP contribution in [0.25, 0.3) is 0 Å². The lowest BCUT2D eigenvalue weighted by atomic mass is 9.71. The predicted octanol–water partition coefficient (Wildman–Crippen LogP) is 2.01. The fraction of sp³-hybridized carbons (Fsp3) is 0.600. The molecule has 1 aliphatic carbocycles. The molecule has 0 bridgehead atoms. The zero-order valence-corrected chi connectivity index (χ0v) is 11.4. The number of hydrogen-bond donors (Lipinski definition) is 1. The van der Waals surface area contributed by atoms with E-state index in [2.05, 4.69) is 4.98 Å². The Morgan fingerprint density at radius 2 is 2.32 bits per heavy atom. The lowest BCUT2D eigenvalue weighted by Crippen LogP contribution is -2.42. The van der Waals surface area contributed by atoms with E-state index in [4.69, 9.17) is 5.73 Å². The molecule has 2 heterocycles. The van der Waals surface area contributed by atoms with Gasteiger partial charge in [0, 0.05) is 30.2 Å². The maximum absolute atomic E-state index is 12.8. The van der Waals surface area contributed by atoms with Gasteiger partial charge >= 0.3 is 0 Å². The maximum Gasteiger partial charge on any atom is 0.233 e. The van der Waals surface area contributed by atoms with Gasteiger partial charge in [-0.05, 0) is 44.7 Å². The maximum atomic E-state index is 12.8. The number of hydrogen-bond acceptors (Lipinski definition) is 3. The second-order valence-corrected chi connectivity index (χ2v) is 6.00. The number of nitrogens with two attached hydrogens (primary N) is 1.